The number of fused-ring (bicyclic) bond motifs is 1. The zero-order valence-corrected chi connectivity index (χ0v) is 16.6. The van der Waals surface area contributed by atoms with Crippen molar-refractivity contribution in [2.45, 2.75) is 76.5 Å². The number of hydrogen-bond acceptors (Lipinski definition) is 4. The van der Waals surface area contributed by atoms with Gasteiger partial charge in [0.25, 0.3) is 5.91 Å². The summed E-state index contributed by atoms with van der Waals surface area (Å²) in [5, 5.41) is 8.92. The minimum Gasteiger partial charge on any atom is -0.295 e. The van der Waals surface area contributed by atoms with Gasteiger partial charge in [-0.15, -0.1) is 0 Å². The number of aromatic nitrogens is 1. The maximum Gasteiger partial charge on any atom is 0.276 e. The van der Waals surface area contributed by atoms with Crippen LogP contribution >= 0.6 is 0 Å². The molecule has 1 aliphatic heterocycles. The molecule has 0 aromatic carbocycles. The Bertz CT molecular complexity index is 784. The fourth-order valence-corrected chi connectivity index (χ4v) is 7.29. The van der Waals surface area contributed by atoms with E-state index in [-0.39, 0.29) is 5.41 Å². The van der Waals surface area contributed by atoms with E-state index >= 15 is 4.39 Å². The van der Waals surface area contributed by atoms with Crippen LogP contribution < -0.4 is 5.48 Å². The lowest BCUT2D eigenvalue weighted by Gasteiger charge is -2.60. The third-order valence-corrected chi connectivity index (χ3v) is 7.86. The SMILES string of the molecule is CC[C@@H]1Cc2ncc(C(=O)NO)cc2CN1CC12CC3CC(CC(F)(C3)C1)C2. The summed E-state index contributed by atoms with van der Waals surface area (Å²) >= 11 is 0. The number of rotatable bonds is 4. The Labute approximate surface area is 165 Å². The van der Waals surface area contributed by atoms with Gasteiger partial charge in [-0.05, 0) is 73.8 Å². The van der Waals surface area contributed by atoms with Gasteiger partial charge in [-0.25, -0.2) is 9.87 Å². The second kappa shape index (κ2) is 6.49. The Morgan fingerprint density at radius 1 is 1.36 bits per heavy atom. The minimum absolute atomic E-state index is 0.122. The lowest BCUT2D eigenvalue weighted by atomic mass is 9.48. The van der Waals surface area contributed by atoms with Crippen molar-refractivity contribution < 1.29 is 14.4 Å². The second-order valence-corrected chi connectivity index (χ2v) is 10.1. The van der Waals surface area contributed by atoms with Crippen LogP contribution in [0.5, 0.6) is 0 Å². The summed E-state index contributed by atoms with van der Waals surface area (Å²) < 4.78 is 15.4. The van der Waals surface area contributed by atoms with Gasteiger partial charge in [-0.2, -0.15) is 0 Å². The number of hydrogen-bond donors (Lipinski definition) is 2. The van der Waals surface area contributed by atoms with Gasteiger partial charge in [0.2, 0.25) is 0 Å². The van der Waals surface area contributed by atoms with E-state index in [0.717, 1.165) is 56.5 Å². The average molecular weight is 387 g/mol. The molecule has 1 aromatic heterocycles. The topological polar surface area (TPSA) is 65.5 Å². The van der Waals surface area contributed by atoms with Crippen LogP contribution in [0.2, 0.25) is 0 Å². The monoisotopic (exact) mass is 387 g/mol. The molecule has 2 unspecified atom stereocenters. The lowest BCUT2D eigenvalue weighted by molar-refractivity contribution is -0.136. The van der Waals surface area contributed by atoms with Crippen LogP contribution in [0.3, 0.4) is 0 Å². The van der Waals surface area contributed by atoms with Crippen LogP contribution in [0.4, 0.5) is 4.39 Å². The molecule has 5 aliphatic rings. The molecule has 4 fully saturated rings. The van der Waals surface area contributed by atoms with Crippen molar-refractivity contribution in [2.24, 2.45) is 17.3 Å². The summed E-state index contributed by atoms with van der Waals surface area (Å²) in [5.41, 5.74) is 3.38. The standard InChI is InChI=1S/C22H30FN3O2/c1-2-18-5-19-17(4-16(10-24-19)20(27)25-28)11-26(18)13-21-6-14-3-15(7-21)9-22(23,8-14)12-21/h4,10,14-15,18,28H,2-3,5-9,11-13H2,1H3,(H,25,27)/t14?,15?,18-,21?,22?/m1/s1. The third-order valence-electron chi connectivity index (χ3n) is 7.86. The van der Waals surface area contributed by atoms with Crippen LogP contribution in [0, 0.1) is 17.3 Å². The molecule has 6 rings (SSSR count). The zero-order valence-electron chi connectivity index (χ0n) is 16.6. The molecule has 152 valence electrons. The van der Waals surface area contributed by atoms with Crippen molar-refractivity contribution in [1.82, 2.24) is 15.4 Å². The van der Waals surface area contributed by atoms with Gasteiger partial charge in [0, 0.05) is 37.4 Å². The fourth-order valence-electron chi connectivity index (χ4n) is 7.29. The number of amides is 1. The summed E-state index contributed by atoms with van der Waals surface area (Å²) in [6, 6.07) is 2.27. The van der Waals surface area contributed by atoms with E-state index in [2.05, 4.69) is 16.8 Å². The first-order valence-corrected chi connectivity index (χ1v) is 10.8. The highest BCUT2D eigenvalue weighted by Gasteiger charge is 2.58. The summed E-state index contributed by atoms with van der Waals surface area (Å²) in [5.74, 6) is 0.620. The van der Waals surface area contributed by atoms with Gasteiger partial charge in [0.1, 0.15) is 5.67 Å². The van der Waals surface area contributed by atoms with Crippen molar-refractivity contribution in [3.8, 4) is 0 Å². The van der Waals surface area contributed by atoms with Crippen LogP contribution in [0.15, 0.2) is 12.3 Å². The predicted molar refractivity (Wildman–Crippen MR) is 103 cm³/mol. The summed E-state index contributed by atoms with van der Waals surface area (Å²) in [6.07, 6.45) is 9.36. The number of pyridine rings is 1. The van der Waals surface area contributed by atoms with E-state index in [1.54, 1.807) is 11.7 Å². The van der Waals surface area contributed by atoms with Gasteiger partial charge in [-0.1, -0.05) is 6.92 Å². The van der Waals surface area contributed by atoms with E-state index in [9.17, 15) is 4.79 Å². The molecule has 6 heteroatoms. The normalized spacial score (nSPS) is 39.0. The number of nitrogens with one attached hydrogen (secondary N) is 1. The smallest absolute Gasteiger partial charge is 0.276 e. The molecule has 0 radical (unpaired) electrons. The van der Waals surface area contributed by atoms with Gasteiger partial charge in [0.05, 0.1) is 5.56 Å². The third kappa shape index (κ3) is 3.05. The van der Waals surface area contributed by atoms with E-state index in [4.69, 9.17) is 5.21 Å². The maximum atomic E-state index is 15.4. The van der Waals surface area contributed by atoms with Crippen molar-refractivity contribution in [2.75, 3.05) is 6.54 Å². The number of alkyl halides is 1. The molecule has 2 heterocycles. The van der Waals surface area contributed by atoms with Gasteiger partial charge < -0.3 is 0 Å². The number of carbonyl (C=O) groups is 1. The molecule has 4 aliphatic carbocycles. The molecule has 5 nitrogen and oxygen atoms in total. The lowest BCUT2D eigenvalue weighted by Crippen LogP contribution is -2.58. The molecule has 0 spiro atoms. The number of nitrogens with zero attached hydrogens (tertiary/aromatic N) is 2. The Kier molecular flexibility index (Phi) is 4.29. The molecular weight excluding hydrogens is 357 g/mol. The van der Waals surface area contributed by atoms with E-state index in [0.29, 0.717) is 23.4 Å². The largest absolute Gasteiger partial charge is 0.295 e. The molecule has 4 bridgehead atoms. The maximum absolute atomic E-state index is 15.4. The minimum atomic E-state index is -0.923. The van der Waals surface area contributed by atoms with Crippen LogP contribution in [0.25, 0.3) is 0 Å². The molecule has 3 atom stereocenters. The number of halogens is 1. The number of hydroxylamine groups is 1. The molecule has 4 saturated carbocycles. The summed E-state index contributed by atoms with van der Waals surface area (Å²) in [4.78, 5) is 18.8. The van der Waals surface area contributed by atoms with Gasteiger partial charge in [0.15, 0.2) is 0 Å². The Balaban J connectivity index is 1.40. The highest BCUT2D eigenvalue weighted by Crippen LogP contribution is 2.63. The van der Waals surface area contributed by atoms with Crippen molar-refractivity contribution in [3.63, 3.8) is 0 Å². The Morgan fingerprint density at radius 3 is 2.75 bits per heavy atom. The van der Waals surface area contributed by atoms with Crippen LogP contribution in [-0.2, 0) is 13.0 Å². The van der Waals surface area contributed by atoms with Crippen molar-refractivity contribution in [3.05, 3.63) is 29.1 Å². The predicted octanol–water partition coefficient (Wildman–Crippen LogP) is 3.65. The van der Waals surface area contributed by atoms with Gasteiger partial charge in [-0.3, -0.25) is 19.9 Å². The van der Waals surface area contributed by atoms with Gasteiger partial charge >= 0.3 is 0 Å². The quantitative estimate of drug-likeness (QED) is 0.611. The first-order valence-electron chi connectivity index (χ1n) is 10.8. The first kappa shape index (κ1) is 18.5. The molecule has 2 N–H and O–H groups in total. The van der Waals surface area contributed by atoms with Crippen molar-refractivity contribution in [1.29, 1.82) is 0 Å². The second-order valence-electron chi connectivity index (χ2n) is 10.1. The highest BCUT2D eigenvalue weighted by atomic mass is 19.1. The molecule has 1 aromatic rings. The summed E-state index contributed by atoms with van der Waals surface area (Å²) in [7, 11) is 0. The van der Waals surface area contributed by atoms with Crippen LogP contribution in [0.1, 0.15) is 73.5 Å². The van der Waals surface area contributed by atoms with E-state index in [1.807, 2.05) is 6.07 Å². The van der Waals surface area contributed by atoms with Crippen molar-refractivity contribution >= 4 is 5.91 Å². The molecule has 28 heavy (non-hydrogen) atoms. The molecule has 1 amide bonds. The highest BCUT2D eigenvalue weighted by molar-refractivity contribution is 5.93. The zero-order chi connectivity index (χ0) is 19.5. The fraction of sp³-hybridized carbons (Fsp3) is 0.727. The van der Waals surface area contributed by atoms with E-state index < -0.39 is 11.6 Å². The summed E-state index contributed by atoms with van der Waals surface area (Å²) in [6.45, 7) is 3.93. The Morgan fingerprint density at radius 2 is 2.11 bits per heavy atom. The molecule has 0 saturated heterocycles. The molecular formula is C22H30FN3O2. The average Bonchev–Trinajstić information content (AvgIpc) is 2.64. The Hall–Kier alpha value is -1.53. The van der Waals surface area contributed by atoms with E-state index in [1.165, 1.54) is 19.3 Å². The van der Waals surface area contributed by atoms with Crippen LogP contribution in [-0.4, -0.2) is 39.3 Å². The first-order chi connectivity index (χ1) is 13.4. The number of carbonyl (C=O) groups excluding carboxylic acids is 1.